The van der Waals surface area contributed by atoms with Crippen LogP contribution in [0, 0.1) is 6.92 Å². The van der Waals surface area contributed by atoms with Gasteiger partial charge in [-0.15, -0.1) is 0 Å². The number of rotatable bonds is 5. The smallest absolute Gasteiger partial charge is 0.340 e. The van der Waals surface area contributed by atoms with Gasteiger partial charge in [0.15, 0.2) is 5.76 Å². The molecule has 6 nitrogen and oxygen atoms in total. The Labute approximate surface area is 135 Å². The fraction of sp³-hybridized carbons (Fsp3) is 0.471. The second-order valence-electron chi connectivity index (χ2n) is 5.37. The molecule has 0 atom stereocenters. The molecule has 23 heavy (non-hydrogen) atoms. The lowest BCUT2D eigenvalue weighted by atomic mass is 9.91. The largest absolute Gasteiger partial charge is 0.492 e. The predicted molar refractivity (Wildman–Crippen MR) is 83.8 cm³/mol. The predicted octanol–water partition coefficient (Wildman–Crippen LogP) is 2.68. The molecule has 0 saturated carbocycles. The first kappa shape index (κ1) is 17.0. The van der Waals surface area contributed by atoms with Crippen molar-refractivity contribution in [2.45, 2.75) is 40.7 Å². The van der Waals surface area contributed by atoms with Crippen molar-refractivity contribution in [3.05, 3.63) is 33.8 Å². The van der Waals surface area contributed by atoms with Gasteiger partial charge in [0.25, 0.3) is 0 Å². The van der Waals surface area contributed by atoms with Crippen molar-refractivity contribution < 1.29 is 23.9 Å². The minimum absolute atomic E-state index is 0.0123. The summed E-state index contributed by atoms with van der Waals surface area (Å²) < 4.78 is 11.9. The molecule has 124 valence electrons. The van der Waals surface area contributed by atoms with Crippen molar-refractivity contribution in [2.24, 2.45) is 0 Å². The minimum Gasteiger partial charge on any atom is -0.492 e. The van der Waals surface area contributed by atoms with E-state index in [9.17, 15) is 14.4 Å². The van der Waals surface area contributed by atoms with E-state index < -0.39 is 11.8 Å². The van der Waals surface area contributed by atoms with Crippen LogP contribution in [0.4, 0.5) is 0 Å². The van der Waals surface area contributed by atoms with Crippen molar-refractivity contribution in [1.82, 2.24) is 4.57 Å². The number of hydrogen-bond donors (Lipinski definition) is 0. The monoisotopic (exact) mass is 319 g/mol. The number of Topliss-reactive ketones (excluding diaryl/α,β-unsaturated/α-hetero) is 2. The summed E-state index contributed by atoms with van der Waals surface area (Å²) in [7, 11) is 1.34. The van der Waals surface area contributed by atoms with Crippen LogP contribution in [-0.4, -0.2) is 35.8 Å². The van der Waals surface area contributed by atoms with E-state index in [0.717, 1.165) is 6.42 Å². The van der Waals surface area contributed by atoms with Gasteiger partial charge in [0.2, 0.25) is 11.6 Å². The molecule has 1 aliphatic rings. The summed E-state index contributed by atoms with van der Waals surface area (Å²) in [4.78, 5) is 37.8. The first-order valence-electron chi connectivity index (χ1n) is 7.65. The number of nitrogens with zero attached hydrogens (tertiary/aromatic N) is 1. The van der Waals surface area contributed by atoms with Gasteiger partial charge in [0.1, 0.15) is 5.69 Å². The lowest BCUT2D eigenvalue weighted by Gasteiger charge is -2.18. The highest BCUT2D eigenvalue weighted by atomic mass is 16.5. The number of esters is 1. The van der Waals surface area contributed by atoms with Crippen LogP contribution < -0.4 is 0 Å². The Kier molecular flexibility index (Phi) is 4.73. The lowest BCUT2D eigenvalue weighted by Crippen LogP contribution is -2.25. The molecule has 1 aromatic rings. The first-order chi connectivity index (χ1) is 10.9. The third-order valence-corrected chi connectivity index (χ3v) is 3.98. The zero-order valence-electron chi connectivity index (χ0n) is 14.1. The van der Waals surface area contributed by atoms with Gasteiger partial charge in [0, 0.05) is 17.8 Å². The van der Waals surface area contributed by atoms with Gasteiger partial charge in [0.05, 0.1) is 24.8 Å². The molecule has 2 rings (SSSR count). The molecular weight excluding hydrogens is 298 g/mol. The normalized spacial score (nSPS) is 14.1. The second-order valence-corrected chi connectivity index (χ2v) is 5.37. The van der Waals surface area contributed by atoms with Gasteiger partial charge in [-0.25, -0.2) is 4.79 Å². The number of fused-ring (bicyclic) bond motifs is 1. The number of ether oxygens (including phenoxy) is 2. The Balaban J connectivity index is 2.79. The van der Waals surface area contributed by atoms with Gasteiger partial charge in [-0.3, -0.25) is 9.59 Å². The highest BCUT2D eigenvalue weighted by Gasteiger charge is 2.40. The molecule has 1 aromatic heterocycles. The van der Waals surface area contributed by atoms with Crippen molar-refractivity contribution >= 4 is 17.5 Å². The van der Waals surface area contributed by atoms with E-state index in [4.69, 9.17) is 9.47 Å². The molecule has 1 aliphatic carbocycles. The highest BCUT2D eigenvalue weighted by Crippen LogP contribution is 2.33. The van der Waals surface area contributed by atoms with E-state index >= 15 is 0 Å². The minimum atomic E-state index is -0.591. The van der Waals surface area contributed by atoms with E-state index in [1.54, 1.807) is 25.3 Å². The van der Waals surface area contributed by atoms with Crippen LogP contribution in [0.2, 0.25) is 0 Å². The van der Waals surface area contributed by atoms with E-state index in [2.05, 4.69) is 0 Å². The van der Waals surface area contributed by atoms with E-state index in [-0.39, 0.29) is 40.5 Å². The van der Waals surface area contributed by atoms with Crippen LogP contribution >= 0.6 is 0 Å². The first-order valence-corrected chi connectivity index (χ1v) is 7.65. The molecule has 0 aliphatic heterocycles. The van der Waals surface area contributed by atoms with Gasteiger partial charge in [-0.1, -0.05) is 6.92 Å². The quantitative estimate of drug-likeness (QED) is 0.780. The van der Waals surface area contributed by atoms with Gasteiger partial charge >= 0.3 is 5.97 Å². The average molecular weight is 319 g/mol. The maximum absolute atomic E-state index is 12.7. The maximum atomic E-state index is 12.7. The molecule has 0 amide bonds. The Morgan fingerprint density at radius 1 is 1.13 bits per heavy atom. The third-order valence-electron chi connectivity index (χ3n) is 3.98. The van der Waals surface area contributed by atoms with Crippen LogP contribution in [0.5, 0.6) is 0 Å². The topological polar surface area (TPSA) is 74.6 Å². The maximum Gasteiger partial charge on any atom is 0.340 e. The fourth-order valence-corrected chi connectivity index (χ4v) is 2.96. The van der Waals surface area contributed by atoms with E-state index in [1.165, 1.54) is 7.11 Å². The number of carbonyl (C=O) groups excluding carboxylic acids is 3. The summed E-state index contributed by atoms with van der Waals surface area (Å²) in [5.41, 5.74) is 1.35. The Morgan fingerprint density at radius 3 is 2.30 bits per heavy atom. The molecule has 0 bridgehead atoms. The number of aromatic nitrogens is 1. The number of hydrogen-bond acceptors (Lipinski definition) is 5. The molecule has 6 heteroatoms. The standard InChI is InChI=1S/C17H21NO5/c1-6-8-18-10(4)11(17(21)23-7-2)12-13(18)14(19)9(3)16(22-5)15(12)20/h6-8H2,1-5H3. The second kappa shape index (κ2) is 6.40. The summed E-state index contributed by atoms with van der Waals surface area (Å²) in [6, 6.07) is 0. The average Bonchev–Trinajstić information content (AvgIpc) is 2.80. The zero-order valence-corrected chi connectivity index (χ0v) is 14.1. The Bertz CT molecular complexity index is 724. The molecule has 0 saturated heterocycles. The summed E-state index contributed by atoms with van der Waals surface area (Å²) in [6.07, 6.45) is 0.769. The number of methoxy groups -OCH3 is 1. The van der Waals surface area contributed by atoms with Gasteiger partial charge < -0.3 is 14.0 Å². The Morgan fingerprint density at radius 2 is 1.78 bits per heavy atom. The van der Waals surface area contributed by atoms with Crippen molar-refractivity contribution in [1.29, 1.82) is 0 Å². The third kappa shape index (κ3) is 2.48. The van der Waals surface area contributed by atoms with Crippen molar-refractivity contribution in [3.8, 4) is 0 Å². The molecule has 0 fully saturated rings. The molecule has 0 radical (unpaired) electrons. The lowest BCUT2D eigenvalue weighted by molar-refractivity contribution is 0.0522. The van der Waals surface area contributed by atoms with E-state index in [0.29, 0.717) is 12.2 Å². The summed E-state index contributed by atoms with van der Waals surface area (Å²) in [5, 5.41) is 0. The fourth-order valence-electron chi connectivity index (χ4n) is 2.96. The van der Waals surface area contributed by atoms with Crippen LogP contribution in [0.3, 0.4) is 0 Å². The van der Waals surface area contributed by atoms with Crippen molar-refractivity contribution in [3.63, 3.8) is 0 Å². The molecule has 0 N–H and O–H groups in total. The number of ketones is 2. The SMILES string of the molecule is CCCn1c(C)c(C(=O)OCC)c2c1C(=O)C(C)=C(OC)C2=O. The molecule has 1 heterocycles. The summed E-state index contributed by atoms with van der Waals surface area (Å²) >= 11 is 0. The van der Waals surface area contributed by atoms with Crippen LogP contribution in [0.15, 0.2) is 11.3 Å². The van der Waals surface area contributed by atoms with Crippen LogP contribution in [-0.2, 0) is 16.0 Å². The molecule has 0 spiro atoms. The molecule has 0 unspecified atom stereocenters. The molecular formula is C17H21NO5. The van der Waals surface area contributed by atoms with E-state index in [1.807, 2.05) is 6.92 Å². The number of carbonyl (C=O) groups is 3. The van der Waals surface area contributed by atoms with Crippen molar-refractivity contribution in [2.75, 3.05) is 13.7 Å². The zero-order chi connectivity index (χ0) is 17.3. The summed E-state index contributed by atoms with van der Waals surface area (Å²) in [5.74, 6) is -1.34. The highest BCUT2D eigenvalue weighted by molar-refractivity contribution is 6.28. The van der Waals surface area contributed by atoms with Crippen LogP contribution in [0.1, 0.15) is 64.1 Å². The Hall–Kier alpha value is -2.37. The summed E-state index contributed by atoms with van der Waals surface area (Å²) in [6.45, 7) is 7.68. The van der Waals surface area contributed by atoms with Gasteiger partial charge in [-0.2, -0.15) is 0 Å². The number of allylic oxidation sites excluding steroid dienone is 2. The van der Waals surface area contributed by atoms with Gasteiger partial charge in [-0.05, 0) is 27.2 Å². The van der Waals surface area contributed by atoms with Crippen LogP contribution in [0.25, 0.3) is 0 Å². The molecule has 0 aromatic carbocycles.